The van der Waals surface area contributed by atoms with Crippen LogP contribution in [0, 0.1) is 26.2 Å². The molecule has 70 heavy (non-hydrogen) atoms. The quantitative estimate of drug-likeness (QED) is 0.142. The van der Waals surface area contributed by atoms with Gasteiger partial charge in [0, 0.05) is 45.7 Å². The van der Waals surface area contributed by atoms with Gasteiger partial charge in [-0.15, -0.1) is 53.6 Å². The summed E-state index contributed by atoms with van der Waals surface area (Å²) in [6.45, 7) is 27.2. The van der Waals surface area contributed by atoms with Gasteiger partial charge in [0.05, 0.1) is 0 Å². The molecule has 2 aromatic heterocycles. The third kappa shape index (κ3) is 9.46. The molecule has 9 aromatic rings. The zero-order chi connectivity index (χ0) is 47.8. The van der Waals surface area contributed by atoms with Crippen LogP contribution in [0.4, 0.5) is 22.7 Å². The molecule has 0 saturated carbocycles. The zero-order valence-corrected chi connectivity index (χ0v) is 45.0. The van der Waals surface area contributed by atoms with Crippen molar-refractivity contribution in [2.24, 2.45) is 0 Å². The maximum atomic E-state index is 6.91. The van der Waals surface area contributed by atoms with E-state index >= 15 is 0 Å². The molecule has 0 amide bonds. The van der Waals surface area contributed by atoms with E-state index in [9.17, 15) is 0 Å². The predicted octanol–water partition coefficient (Wildman–Crippen LogP) is 17.3. The molecule has 0 aliphatic carbocycles. The van der Waals surface area contributed by atoms with E-state index in [0.29, 0.717) is 11.5 Å². The first kappa shape index (κ1) is 50.0. The molecule has 10 rings (SSSR count). The number of nitrogens with zero attached hydrogens (tertiary/aromatic N) is 4. The summed E-state index contributed by atoms with van der Waals surface area (Å²) >= 11 is 0. The number of rotatable bonds is 8. The molecule has 0 spiro atoms. The average Bonchev–Trinajstić information content (AvgIpc) is 3.87. The smallest absolute Gasteiger partial charge is 0.509 e. The van der Waals surface area contributed by atoms with Gasteiger partial charge in [0.2, 0.25) is 0 Å². The molecule has 1 aliphatic heterocycles. The van der Waals surface area contributed by atoms with Crippen molar-refractivity contribution in [2.75, 3.05) is 9.80 Å². The van der Waals surface area contributed by atoms with Crippen molar-refractivity contribution in [3.63, 3.8) is 0 Å². The second-order valence-electron chi connectivity index (χ2n) is 22.0. The molecule has 0 unspecified atom stereocenters. The monoisotopic (exact) mass is 1100 g/mol. The number of pyridine rings is 1. The summed E-state index contributed by atoms with van der Waals surface area (Å²) in [5.41, 5.74) is 14.1. The van der Waals surface area contributed by atoms with Crippen molar-refractivity contribution in [1.29, 1.82) is 0 Å². The van der Waals surface area contributed by atoms with E-state index in [1.165, 1.54) is 33.4 Å². The molecule has 0 N–H and O–H groups in total. The standard InChI is InChI=1S/C63H61N4O.CH3.Pt/c1-60(2,3)45-26-29-56-58(37-45)66(49-33-43(42-20-14-12-15-21-42)32-48(35-49)63(10,11)44-22-16-13-17-23-44)41-65(56)50-34-47(62(7,8)9)36-52(39-50)68-51-27-28-54-53-24-18-19-25-55(53)67(57(54)40-51)59-38-46(30-31-64-59)61(4,5)6;;/h12-38,41H,1-11H3;1H3;/q-3;-1;+4. The predicted molar refractivity (Wildman–Crippen MR) is 291 cm³/mol. The Morgan fingerprint density at radius 2 is 1.14 bits per heavy atom. The summed E-state index contributed by atoms with van der Waals surface area (Å²) < 4.78 is 9.12. The van der Waals surface area contributed by atoms with Crippen molar-refractivity contribution in [2.45, 2.75) is 97.8 Å². The number of benzene rings is 7. The van der Waals surface area contributed by atoms with Gasteiger partial charge < -0.3 is 26.5 Å². The topological polar surface area (TPSA) is 33.5 Å². The molecule has 5 nitrogen and oxygen atoms in total. The molecular weight excluding hydrogens is 1040 g/mol. The maximum Gasteiger partial charge on any atom is 4.00 e. The van der Waals surface area contributed by atoms with Crippen LogP contribution in [0.5, 0.6) is 11.5 Å². The second-order valence-corrected chi connectivity index (χ2v) is 22.0. The van der Waals surface area contributed by atoms with Gasteiger partial charge in [0.25, 0.3) is 0 Å². The maximum absolute atomic E-state index is 6.91. The summed E-state index contributed by atoms with van der Waals surface area (Å²) in [6, 6.07) is 64.3. The third-order valence-electron chi connectivity index (χ3n) is 13.7. The summed E-state index contributed by atoms with van der Waals surface area (Å²) in [5, 5.41) is 2.23. The summed E-state index contributed by atoms with van der Waals surface area (Å²) in [4.78, 5) is 9.54. The molecule has 0 radical (unpaired) electrons. The van der Waals surface area contributed by atoms with Crippen LogP contribution in [0.25, 0.3) is 38.8 Å². The van der Waals surface area contributed by atoms with Crippen LogP contribution in [0.1, 0.15) is 104 Å². The van der Waals surface area contributed by atoms with Gasteiger partial charge in [-0.3, -0.25) is 0 Å². The average molecular weight is 1100 g/mol. The summed E-state index contributed by atoms with van der Waals surface area (Å²) in [5.74, 6) is 2.08. The number of para-hydroxylation sites is 1. The van der Waals surface area contributed by atoms with Gasteiger partial charge in [-0.1, -0.05) is 173 Å². The largest absolute Gasteiger partial charge is 4.00 e. The molecule has 0 atom stereocenters. The Bertz CT molecular complexity index is 3330. The number of hydrogen-bond acceptors (Lipinski definition) is 4. The van der Waals surface area contributed by atoms with Crippen molar-refractivity contribution >= 4 is 44.6 Å². The van der Waals surface area contributed by atoms with E-state index in [4.69, 9.17) is 9.72 Å². The van der Waals surface area contributed by atoms with Crippen LogP contribution < -0.4 is 14.5 Å². The Balaban J connectivity index is 0.00000329. The van der Waals surface area contributed by atoms with Crippen LogP contribution >= 0.6 is 0 Å². The fourth-order valence-electron chi connectivity index (χ4n) is 9.40. The number of hydrogen-bond donors (Lipinski definition) is 0. The minimum Gasteiger partial charge on any atom is -0.509 e. The Morgan fingerprint density at radius 3 is 1.84 bits per heavy atom. The molecule has 0 fully saturated rings. The SMILES string of the molecule is CC(C)(C)c1cc(Oc2[c-]c3c(cc2)c2ccccc2n3-c2cc(C(C)(C)C)ccn2)[c-]c(N2[CH-]N(c3cc(-c4ccccc4)cc(C(C)(C)c4ccccc4)c3)c3cc(C(C)(C)C)ccc32)c1.[CH3-].[Pt+4]. The molecule has 7 aromatic carbocycles. The van der Waals surface area contributed by atoms with E-state index in [0.717, 1.165) is 55.9 Å². The fraction of sp³-hybridized carbons (Fsp3) is 0.234. The van der Waals surface area contributed by atoms with Gasteiger partial charge in [0.15, 0.2) is 0 Å². The molecular formula is C64H64N4OPt. The van der Waals surface area contributed by atoms with Crippen LogP contribution in [0.2, 0.25) is 0 Å². The molecule has 6 heteroatoms. The van der Waals surface area contributed by atoms with E-state index < -0.39 is 0 Å². The Hall–Kier alpha value is -6.42. The van der Waals surface area contributed by atoms with Gasteiger partial charge >= 0.3 is 21.1 Å². The van der Waals surface area contributed by atoms with Gasteiger partial charge in [-0.25, -0.2) is 4.98 Å². The first-order chi connectivity index (χ1) is 32.3. The fourth-order valence-corrected chi connectivity index (χ4v) is 9.40. The number of fused-ring (bicyclic) bond motifs is 4. The number of aromatic nitrogens is 2. The van der Waals surface area contributed by atoms with Gasteiger partial charge in [-0.05, 0) is 97.5 Å². The molecule has 3 heterocycles. The second kappa shape index (κ2) is 18.7. The van der Waals surface area contributed by atoms with E-state index in [2.05, 4.69) is 261 Å². The molecule has 1 aliphatic rings. The minimum absolute atomic E-state index is 0. The summed E-state index contributed by atoms with van der Waals surface area (Å²) in [7, 11) is 0. The Labute approximate surface area is 431 Å². The first-order valence-electron chi connectivity index (χ1n) is 23.9. The number of ether oxygens (including phenoxy) is 1. The van der Waals surface area contributed by atoms with Crippen molar-refractivity contribution in [3.05, 3.63) is 218 Å². The normalized spacial score (nSPS) is 13.0. The van der Waals surface area contributed by atoms with Gasteiger partial charge in [-0.2, -0.15) is 6.07 Å². The minimum atomic E-state index is -0.265. The van der Waals surface area contributed by atoms with Crippen molar-refractivity contribution in [1.82, 2.24) is 9.55 Å². The van der Waals surface area contributed by atoms with E-state index in [-0.39, 0.29) is 50.2 Å². The van der Waals surface area contributed by atoms with Crippen LogP contribution in [0.15, 0.2) is 164 Å². The van der Waals surface area contributed by atoms with Crippen molar-refractivity contribution < 1.29 is 25.8 Å². The molecule has 0 bridgehead atoms. The molecule has 0 saturated heterocycles. The van der Waals surface area contributed by atoms with Gasteiger partial charge in [0.1, 0.15) is 5.82 Å². The van der Waals surface area contributed by atoms with Crippen LogP contribution in [-0.2, 0) is 42.7 Å². The Kier molecular flexibility index (Phi) is 13.4. The van der Waals surface area contributed by atoms with E-state index in [1.807, 2.05) is 12.3 Å². The summed E-state index contributed by atoms with van der Waals surface area (Å²) in [6.07, 6.45) is 1.91. The number of anilines is 4. The van der Waals surface area contributed by atoms with Crippen LogP contribution in [-0.4, -0.2) is 9.55 Å². The van der Waals surface area contributed by atoms with Crippen LogP contribution in [0.3, 0.4) is 0 Å². The Morgan fingerprint density at radius 1 is 0.486 bits per heavy atom. The molecule has 356 valence electrons. The first-order valence-corrected chi connectivity index (χ1v) is 23.9. The zero-order valence-electron chi connectivity index (χ0n) is 42.7. The van der Waals surface area contributed by atoms with Crippen molar-refractivity contribution in [3.8, 4) is 28.4 Å². The van der Waals surface area contributed by atoms with E-state index in [1.54, 1.807) is 0 Å². The third-order valence-corrected chi connectivity index (χ3v) is 13.7.